The Morgan fingerprint density at radius 1 is 1.12 bits per heavy atom. The lowest BCUT2D eigenvalue weighted by atomic mass is 9.96. The Bertz CT molecular complexity index is 387. The molecule has 0 radical (unpaired) electrons. The molecule has 0 bridgehead atoms. The lowest BCUT2D eigenvalue weighted by Crippen LogP contribution is -2.05. The molecule has 0 saturated heterocycles. The SMILES string of the molecule is C=C1CCC(c2ccc(C(F)(F)F)cc2)C1. The van der Waals surface area contributed by atoms with Gasteiger partial charge in [-0.15, -0.1) is 0 Å². The lowest BCUT2D eigenvalue weighted by molar-refractivity contribution is -0.137. The van der Waals surface area contributed by atoms with E-state index in [0.717, 1.165) is 37.0 Å². The van der Waals surface area contributed by atoms with Gasteiger partial charge in [-0.3, -0.25) is 0 Å². The van der Waals surface area contributed by atoms with Crippen LogP contribution in [0.3, 0.4) is 0 Å². The second kappa shape index (κ2) is 3.96. The Morgan fingerprint density at radius 3 is 2.19 bits per heavy atom. The maximum atomic E-state index is 12.3. The van der Waals surface area contributed by atoms with E-state index in [0.29, 0.717) is 5.92 Å². The smallest absolute Gasteiger partial charge is 0.166 e. The molecule has 0 spiro atoms. The molecular formula is C13H13F3. The van der Waals surface area contributed by atoms with Crippen molar-refractivity contribution in [3.05, 3.63) is 47.5 Å². The molecule has 1 aromatic carbocycles. The summed E-state index contributed by atoms with van der Waals surface area (Å²) >= 11 is 0. The Kier molecular flexibility index (Phi) is 2.78. The summed E-state index contributed by atoms with van der Waals surface area (Å²) in [7, 11) is 0. The predicted octanol–water partition coefficient (Wildman–Crippen LogP) is 4.53. The quantitative estimate of drug-likeness (QED) is 0.617. The van der Waals surface area contributed by atoms with E-state index in [2.05, 4.69) is 6.58 Å². The van der Waals surface area contributed by atoms with E-state index in [4.69, 9.17) is 0 Å². The summed E-state index contributed by atoms with van der Waals surface area (Å²) in [6, 6.07) is 5.50. The van der Waals surface area contributed by atoms with Gasteiger partial charge in [-0.25, -0.2) is 0 Å². The van der Waals surface area contributed by atoms with Crippen molar-refractivity contribution in [1.82, 2.24) is 0 Å². The van der Waals surface area contributed by atoms with Gasteiger partial charge in [0.25, 0.3) is 0 Å². The molecule has 3 heteroatoms. The number of hydrogen-bond acceptors (Lipinski definition) is 0. The van der Waals surface area contributed by atoms with Crippen LogP contribution in [0.1, 0.15) is 36.3 Å². The zero-order chi connectivity index (χ0) is 11.8. The van der Waals surface area contributed by atoms with Crippen LogP contribution >= 0.6 is 0 Å². The molecule has 0 N–H and O–H groups in total. The molecule has 0 nitrogen and oxygen atoms in total. The predicted molar refractivity (Wildman–Crippen MR) is 57.2 cm³/mol. The molecule has 16 heavy (non-hydrogen) atoms. The first-order valence-corrected chi connectivity index (χ1v) is 5.30. The van der Waals surface area contributed by atoms with Crippen LogP contribution in [0.5, 0.6) is 0 Å². The van der Waals surface area contributed by atoms with E-state index < -0.39 is 11.7 Å². The van der Waals surface area contributed by atoms with Gasteiger partial charge in [-0.2, -0.15) is 13.2 Å². The molecule has 1 atom stereocenters. The Balaban J connectivity index is 2.17. The molecule has 1 aromatic rings. The first-order chi connectivity index (χ1) is 7.47. The van der Waals surface area contributed by atoms with E-state index in [1.165, 1.54) is 5.57 Å². The van der Waals surface area contributed by atoms with Crippen LogP contribution in [0, 0.1) is 0 Å². The molecule has 1 aliphatic rings. The van der Waals surface area contributed by atoms with Crippen LogP contribution < -0.4 is 0 Å². The highest BCUT2D eigenvalue weighted by molar-refractivity contribution is 5.29. The normalized spacial score (nSPS) is 21.4. The minimum atomic E-state index is -4.24. The zero-order valence-corrected chi connectivity index (χ0v) is 8.85. The van der Waals surface area contributed by atoms with E-state index >= 15 is 0 Å². The first kappa shape index (κ1) is 11.2. The second-order valence-corrected chi connectivity index (χ2v) is 4.31. The molecule has 1 saturated carbocycles. The Labute approximate surface area is 92.8 Å². The fourth-order valence-electron chi connectivity index (χ4n) is 2.16. The minimum absolute atomic E-state index is 0.356. The highest BCUT2D eigenvalue weighted by atomic mass is 19.4. The monoisotopic (exact) mass is 226 g/mol. The summed E-state index contributed by atoms with van der Waals surface area (Å²) < 4.78 is 37.0. The number of alkyl halides is 3. The van der Waals surface area contributed by atoms with Crippen LogP contribution in [0.2, 0.25) is 0 Å². The third kappa shape index (κ3) is 2.29. The Hall–Kier alpha value is -1.25. The number of benzene rings is 1. The third-order valence-corrected chi connectivity index (χ3v) is 3.09. The van der Waals surface area contributed by atoms with Gasteiger partial charge in [0.15, 0.2) is 0 Å². The van der Waals surface area contributed by atoms with Crippen molar-refractivity contribution in [1.29, 1.82) is 0 Å². The average molecular weight is 226 g/mol. The number of hydrogen-bond donors (Lipinski definition) is 0. The largest absolute Gasteiger partial charge is 0.416 e. The fraction of sp³-hybridized carbons (Fsp3) is 0.385. The van der Waals surface area contributed by atoms with Crippen molar-refractivity contribution in [3.63, 3.8) is 0 Å². The van der Waals surface area contributed by atoms with Crippen molar-refractivity contribution in [2.75, 3.05) is 0 Å². The summed E-state index contributed by atoms with van der Waals surface area (Å²) in [6.07, 6.45) is -1.33. The third-order valence-electron chi connectivity index (χ3n) is 3.09. The molecule has 0 amide bonds. The summed E-state index contributed by atoms with van der Waals surface area (Å²) in [5.41, 5.74) is 1.62. The van der Waals surface area contributed by atoms with Gasteiger partial charge in [0.05, 0.1) is 5.56 Å². The highest BCUT2D eigenvalue weighted by Gasteiger charge is 2.30. The van der Waals surface area contributed by atoms with Crippen molar-refractivity contribution in [2.24, 2.45) is 0 Å². The second-order valence-electron chi connectivity index (χ2n) is 4.31. The van der Waals surface area contributed by atoms with Crippen LogP contribution in [0.25, 0.3) is 0 Å². The minimum Gasteiger partial charge on any atom is -0.166 e. The number of allylic oxidation sites excluding steroid dienone is 1. The maximum Gasteiger partial charge on any atom is 0.416 e. The standard InChI is InChI=1S/C13H13F3/c1-9-2-3-11(8-9)10-4-6-12(7-5-10)13(14,15)16/h4-7,11H,1-3,8H2. The summed E-state index contributed by atoms with van der Waals surface area (Å²) in [5.74, 6) is 0.356. The van der Waals surface area contributed by atoms with Gasteiger partial charge in [-0.05, 0) is 42.9 Å². The maximum absolute atomic E-state index is 12.3. The van der Waals surface area contributed by atoms with Crippen molar-refractivity contribution in [2.45, 2.75) is 31.4 Å². The number of rotatable bonds is 1. The van der Waals surface area contributed by atoms with E-state index in [1.54, 1.807) is 12.1 Å². The van der Waals surface area contributed by atoms with E-state index in [-0.39, 0.29) is 0 Å². The van der Waals surface area contributed by atoms with Gasteiger partial charge in [0, 0.05) is 0 Å². The summed E-state index contributed by atoms with van der Waals surface area (Å²) in [6.45, 7) is 3.91. The lowest BCUT2D eigenvalue weighted by Gasteiger charge is -2.11. The molecule has 1 unspecified atom stereocenters. The molecule has 1 fully saturated rings. The van der Waals surface area contributed by atoms with Crippen LogP contribution in [0.4, 0.5) is 13.2 Å². The van der Waals surface area contributed by atoms with E-state index in [9.17, 15) is 13.2 Å². The van der Waals surface area contributed by atoms with Crippen LogP contribution in [-0.4, -0.2) is 0 Å². The Morgan fingerprint density at radius 2 is 1.75 bits per heavy atom. The van der Waals surface area contributed by atoms with Crippen molar-refractivity contribution in [3.8, 4) is 0 Å². The van der Waals surface area contributed by atoms with Gasteiger partial charge in [-0.1, -0.05) is 24.3 Å². The van der Waals surface area contributed by atoms with Gasteiger partial charge in [0.1, 0.15) is 0 Å². The topological polar surface area (TPSA) is 0 Å². The molecule has 0 heterocycles. The number of halogens is 3. The molecular weight excluding hydrogens is 213 g/mol. The van der Waals surface area contributed by atoms with Crippen molar-refractivity contribution < 1.29 is 13.2 Å². The fourth-order valence-corrected chi connectivity index (χ4v) is 2.16. The van der Waals surface area contributed by atoms with Crippen LogP contribution in [-0.2, 0) is 6.18 Å². The molecule has 86 valence electrons. The summed E-state index contributed by atoms with van der Waals surface area (Å²) in [5, 5.41) is 0. The molecule has 2 rings (SSSR count). The van der Waals surface area contributed by atoms with Gasteiger partial charge in [0.2, 0.25) is 0 Å². The van der Waals surface area contributed by atoms with Crippen LogP contribution in [0.15, 0.2) is 36.4 Å². The molecule has 0 aromatic heterocycles. The average Bonchev–Trinajstić information content (AvgIpc) is 2.64. The summed E-state index contributed by atoms with van der Waals surface area (Å²) in [4.78, 5) is 0. The van der Waals surface area contributed by atoms with Gasteiger partial charge < -0.3 is 0 Å². The van der Waals surface area contributed by atoms with Gasteiger partial charge >= 0.3 is 6.18 Å². The van der Waals surface area contributed by atoms with E-state index in [1.807, 2.05) is 0 Å². The van der Waals surface area contributed by atoms with Crippen molar-refractivity contribution >= 4 is 0 Å². The first-order valence-electron chi connectivity index (χ1n) is 5.30. The molecule has 1 aliphatic carbocycles. The highest BCUT2D eigenvalue weighted by Crippen LogP contribution is 2.38. The zero-order valence-electron chi connectivity index (χ0n) is 8.85. The molecule has 0 aliphatic heterocycles.